The van der Waals surface area contributed by atoms with Crippen LogP contribution >= 0.6 is 0 Å². The Morgan fingerprint density at radius 1 is 1.32 bits per heavy atom. The molecule has 1 unspecified atom stereocenters. The number of hydrogen-bond acceptors (Lipinski definition) is 3. The zero-order valence-corrected chi connectivity index (χ0v) is 11.7. The first-order valence-electron chi connectivity index (χ1n) is 6.62. The first-order chi connectivity index (χ1) is 8.85. The van der Waals surface area contributed by atoms with Gasteiger partial charge in [-0.25, -0.2) is 4.79 Å². The summed E-state index contributed by atoms with van der Waals surface area (Å²) >= 11 is 0. The summed E-state index contributed by atoms with van der Waals surface area (Å²) in [6.07, 6.45) is 0.693. The third-order valence-corrected chi connectivity index (χ3v) is 3.20. The molecule has 0 spiro atoms. The monoisotopic (exact) mass is 263 g/mol. The van der Waals surface area contributed by atoms with Crippen LogP contribution in [-0.4, -0.2) is 34.8 Å². The number of benzene rings is 1. The molecule has 1 aliphatic heterocycles. The van der Waals surface area contributed by atoms with E-state index in [-0.39, 0.29) is 11.8 Å². The van der Waals surface area contributed by atoms with Gasteiger partial charge in [-0.05, 0) is 44.9 Å². The van der Waals surface area contributed by atoms with Crippen LogP contribution in [0.15, 0.2) is 24.3 Å². The van der Waals surface area contributed by atoms with Crippen molar-refractivity contribution in [3.05, 3.63) is 29.8 Å². The van der Waals surface area contributed by atoms with Gasteiger partial charge in [-0.15, -0.1) is 0 Å². The number of phenolic OH excluding ortho intramolecular Hbond substituents is 1. The molecule has 0 radical (unpaired) electrons. The summed E-state index contributed by atoms with van der Waals surface area (Å²) in [7, 11) is 0. The predicted molar refractivity (Wildman–Crippen MR) is 73.3 cm³/mol. The number of aromatic hydroxyl groups is 1. The highest BCUT2D eigenvalue weighted by atomic mass is 16.6. The van der Waals surface area contributed by atoms with Crippen molar-refractivity contribution in [2.24, 2.45) is 0 Å². The van der Waals surface area contributed by atoms with E-state index in [4.69, 9.17) is 4.74 Å². The average molecular weight is 263 g/mol. The quantitative estimate of drug-likeness (QED) is 0.847. The molecule has 2 rings (SSSR count). The van der Waals surface area contributed by atoms with Crippen molar-refractivity contribution in [1.29, 1.82) is 0 Å². The molecule has 1 N–H and O–H groups in total. The first-order valence-corrected chi connectivity index (χ1v) is 6.62. The highest BCUT2D eigenvalue weighted by Gasteiger charge is 2.30. The molecule has 1 heterocycles. The number of carbonyl (C=O) groups excluding carboxylic acids is 1. The topological polar surface area (TPSA) is 49.8 Å². The highest BCUT2D eigenvalue weighted by molar-refractivity contribution is 5.68. The van der Waals surface area contributed by atoms with Crippen LogP contribution < -0.4 is 0 Å². The highest BCUT2D eigenvalue weighted by Crippen LogP contribution is 2.29. The van der Waals surface area contributed by atoms with Gasteiger partial charge >= 0.3 is 6.09 Å². The Bertz CT molecular complexity index is 447. The van der Waals surface area contributed by atoms with Crippen molar-refractivity contribution < 1.29 is 14.6 Å². The van der Waals surface area contributed by atoms with Crippen molar-refractivity contribution in [1.82, 2.24) is 4.90 Å². The van der Waals surface area contributed by atoms with Crippen molar-refractivity contribution in [2.45, 2.75) is 38.7 Å². The van der Waals surface area contributed by atoms with Gasteiger partial charge in [-0.2, -0.15) is 0 Å². The fourth-order valence-corrected chi connectivity index (χ4v) is 2.27. The van der Waals surface area contributed by atoms with Crippen LogP contribution in [0.5, 0.6) is 5.75 Å². The van der Waals surface area contributed by atoms with E-state index in [2.05, 4.69) is 0 Å². The second kappa shape index (κ2) is 5.11. The van der Waals surface area contributed by atoms with E-state index in [9.17, 15) is 9.90 Å². The zero-order valence-electron chi connectivity index (χ0n) is 11.7. The maximum absolute atomic E-state index is 12.0. The van der Waals surface area contributed by atoms with Crippen molar-refractivity contribution >= 4 is 6.09 Å². The fourth-order valence-electron chi connectivity index (χ4n) is 2.27. The standard InChI is InChI=1S/C15H21NO3/c1-15(2,3)19-14(18)16-9-8-12(10-16)11-4-6-13(17)7-5-11/h4-7,12,17H,8-10H2,1-3H3. The SMILES string of the molecule is CC(C)(C)OC(=O)N1CCC(c2ccc(O)cc2)C1. The van der Waals surface area contributed by atoms with E-state index in [0.717, 1.165) is 18.5 Å². The van der Waals surface area contributed by atoms with Gasteiger partial charge in [0.25, 0.3) is 0 Å². The van der Waals surface area contributed by atoms with E-state index in [0.29, 0.717) is 12.5 Å². The molecule has 0 bridgehead atoms. The van der Waals surface area contributed by atoms with Crippen molar-refractivity contribution in [2.75, 3.05) is 13.1 Å². The summed E-state index contributed by atoms with van der Waals surface area (Å²) in [5.41, 5.74) is 0.706. The van der Waals surface area contributed by atoms with Crippen LogP contribution in [0.3, 0.4) is 0 Å². The van der Waals surface area contributed by atoms with Crippen molar-refractivity contribution in [3.8, 4) is 5.75 Å². The number of rotatable bonds is 1. The molecule has 1 saturated heterocycles. The normalized spacial score (nSPS) is 19.5. The van der Waals surface area contributed by atoms with Crippen LogP contribution in [0.2, 0.25) is 0 Å². The Labute approximate surface area is 114 Å². The van der Waals surface area contributed by atoms with Crippen LogP contribution in [0, 0.1) is 0 Å². The Balaban J connectivity index is 1.96. The smallest absolute Gasteiger partial charge is 0.410 e. The Morgan fingerprint density at radius 3 is 2.53 bits per heavy atom. The number of likely N-dealkylation sites (tertiary alicyclic amines) is 1. The van der Waals surface area contributed by atoms with E-state index in [1.807, 2.05) is 32.9 Å². The van der Waals surface area contributed by atoms with Crippen LogP contribution in [0.25, 0.3) is 0 Å². The molecule has 104 valence electrons. The summed E-state index contributed by atoms with van der Waals surface area (Å²) in [5.74, 6) is 0.596. The molecule has 19 heavy (non-hydrogen) atoms. The third kappa shape index (κ3) is 3.63. The van der Waals surface area contributed by atoms with E-state index >= 15 is 0 Å². The largest absolute Gasteiger partial charge is 0.508 e. The van der Waals surface area contributed by atoms with Gasteiger partial charge in [0.15, 0.2) is 0 Å². The molecule has 0 aliphatic carbocycles. The summed E-state index contributed by atoms with van der Waals surface area (Å²) in [6, 6.07) is 7.20. The number of hydrogen-bond donors (Lipinski definition) is 1. The van der Waals surface area contributed by atoms with Gasteiger partial charge in [0.1, 0.15) is 11.4 Å². The minimum atomic E-state index is -0.451. The first kappa shape index (κ1) is 13.7. The molecule has 4 nitrogen and oxygen atoms in total. The number of phenols is 1. The lowest BCUT2D eigenvalue weighted by Gasteiger charge is -2.24. The molecule has 0 saturated carbocycles. The lowest BCUT2D eigenvalue weighted by atomic mass is 9.98. The zero-order chi connectivity index (χ0) is 14.0. The molecule has 1 aliphatic rings. The Morgan fingerprint density at radius 2 is 1.95 bits per heavy atom. The number of nitrogens with zero attached hydrogens (tertiary/aromatic N) is 1. The number of amides is 1. The molecule has 1 aromatic carbocycles. The van der Waals surface area contributed by atoms with Gasteiger partial charge in [-0.1, -0.05) is 12.1 Å². The maximum atomic E-state index is 12.0. The number of carbonyl (C=O) groups is 1. The molecule has 1 atom stereocenters. The van der Waals surface area contributed by atoms with Crippen molar-refractivity contribution in [3.63, 3.8) is 0 Å². The Kier molecular flexibility index (Phi) is 3.69. The second-order valence-electron chi connectivity index (χ2n) is 6.00. The second-order valence-corrected chi connectivity index (χ2v) is 6.00. The number of ether oxygens (including phenoxy) is 1. The summed E-state index contributed by atoms with van der Waals surface area (Å²) in [6.45, 7) is 7.02. The molecule has 0 aromatic heterocycles. The predicted octanol–water partition coefficient (Wildman–Crippen LogP) is 3.12. The summed E-state index contributed by atoms with van der Waals surface area (Å²) < 4.78 is 5.37. The summed E-state index contributed by atoms with van der Waals surface area (Å²) in [5, 5.41) is 9.28. The molecule has 1 amide bonds. The Hall–Kier alpha value is -1.71. The van der Waals surface area contributed by atoms with Crippen LogP contribution in [-0.2, 0) is 4.74 Å². The average Bonchev–Trinajstić information content (AvgIpc) is 2.77. The molecular formula is C15H21NO3. The molecule has 1 fully saturated rings. The van der Waals surface area contributed by atoms with Gasteiger partial charge in [0.2, 0.25) is 0 Å². The van der Waals surface area contributed by atoms with Gasteiger partial charge in [0, 0.05) is 19.0 Å². The van der Waals surface area contributed by atoms with Gasteiger partial charge < -0.3 is 14.7 Å². The molecular weight excluding hydrogens is 242 g/mol. The molecule has 1 aromatic rings. The lowest BCUT2D eigenvalue weighted by molar-refractivity contribution is 0.0292. The van der Waals surface area contributed by atoms with E-state index < -0.39 is 5.60 Å². The van der Waals surface area contributed by atoms with Gasteiger partial charge in [-0.3, -0.25) is 0 Å². The minimum Gasteiger partial charge on any atom is -0.508 e. The van der Waals surface area contributed by atoms with E-state index in [1.165, 1.54) is 0 Å². The minimum absolute atomic E-state index is 0.242. The molecule has 4 heteroatoms. The lowest BCUT2D eigenvalue weighted by Crippen LogP contribution is -2.35. The van der Waals surface area contributed by atoms with Gasteiger partial charge in [0.05, 0.1) is 0 Å². The van der Waals surface area contributed by atoms with Crippen LogP contribution in [0.1, 0.15) is 38.7 Å². The van der Waals surface area contributed by atoms with Crippen LogP contribution in [0.4, 0.5) is 4.79 Å². The van der Waals surface area contributed by atoms with E-state index in [1.54, 1.807) is 17.0 Å². The fraction of sp³-hybridized carbons (Fsp3) is 0.533. The summed E-state index contributed by atoms with van der Waals surface area (Å²) in [4.78, 5) is 13.7. The third-order valence-electron chi connectivity index (χ3n) is 3.20. The maximum Gasteiger partial charge on any atom is 0.410 e.